The molecular formula is C23H29IN6O. The minimum absolute atomic E-state index is 0. The summed E-state index contributed by atoms with van der Waals surface area (Å²) in [4.78, 5) is 13.4. The molecule has 164 valence electrons. The van der Waals surface area contributed by atoms with Gasteiger partial charge in [0.05, 0.1) is 6.54 Å². The van der Waals surface area contributed by atoms with E-state index in [0.29, 0.717) is 19.7 Å². The maximum atomic E-state index is 5.73. The van der Waals surface area contributed by atoms with Crippen molar-refractivity contribution in [2.45, 2.75) is 26.9 Å². The highest BCUT2D eigenvalue weighted by Crippen LogP contribution is 2.17. The second kappa shape index (κ2) is 12.7. The number of rotatable bonds is 9. The minimum atomic E-state index is 0. The van der Waals surface area contributed by atoms with E-state index in [2.05, 4.69) is 32.2 Å². The summed E-state index contributed by atoms with van der Waals surface area (Å²) in [5.41, 5.74) is 2.09. The van der Waals surface area contributed by atoms with Crippen LogP contribution in [0.1, 0.15) is 23.9 Å². The summed E-state index contributed by atoms with van der Waals surface area (Å²) < 4.78 is 7.67. The summed E-state index contributed by atoms with van der Waals surface area (Å²) in [5.74, 6) is 3.34. The molecule has 0 saturated heterocycles. The predicted octanol–water partition coefficient (Wildman–Crippen LogP) is 4.01. The number of aliphatic imine (C=N–C) groups is 1. The Morgan fingerprint density at radius 3 is 2.71 bits per heavy atom. The molecule has 3 aromatic rings. The van der Waals surface area contributed by atoms with Gasteiger partial charge >= 0.3 is 0 Å². The zero-order valence-corrected chi connectivity index (χ0v) is 20.2. The lowest BCUT2D eigenvalue weighted by atomic mass is 10.2. The number of hydrogen-bond acceptors (Lipinski definition) is 4. The summed E-state index contributed by atoms with van der Waals surface area (Å²) in [5, 5.41) is 6.64. The van der Waals surface area contributed by atoms with Gasteiger partial charge in [0.15, 0.2) is 5.96 Å². The molecule has 0 aliphatic heterocycles. The topological polar surface area (TPSA) is 76.4 Å². The smallest absolute Gasteiger partial charge is 0.191 e. The van der Waals surface area contributed by atoms with Crippen molar-refractivity contribution in [1.29, 1.82) is 0 Å². The van der Waals surface area contributed by atoms with Gasteiger partial charge in [-0.2, -0.15) is 0 Å². The quantitative estimate of drug-likeness (QED) is 0.189. The van der Waals surface area contributed by atoms with Gasteiger partial charge in [0, 0.05) is 37.2 Å². The van der Waals surface area contributed by atoms with Crippen LogP contribution in [0.25, 0.3) is 5.82 Å². The van der Waals surface area contributed by atoms with Crippen LogP contribution in [0.3, 0.4) is 0 Å². The molecule has 0 saturated carbocycles. The van der Waals surface area contributed by atoms with Crippen LogP contribution in [0, 0.1) is 6.92 Å². The first-order chi connectivity index (χ1) is 14.7. The first-order valence-electron chi connectivity index (χ1n) is 10.00. The van der Waals surface area contributed by atoms with Crippen molar-refractivity contribution in [3.63, 3.8) is 0 Å². The van der Waals surface area contributed by atoms with Gasteiger partial charge in [-0.15, -0.1) is 24.0 Å². The number of pyridine rings is 1. The first kappa shape index (κ1) is 24.4. The van der Waals surface area contributed by atoms with E-state index in [1.54, 1.807) is 12.3 Å². The Morgan fingerprint density at radius 1 is 1.19 bits per heavy atom. The average molecular weight is 532 g/mol. The standard InChI is InChI=1S/C23H28N6O.HI/c1-4-14-30-21-9-7-6-8-20(21)17-28-23(24-5-2)27-16-19-10-11-22(26-15-19)29-13-12-25-18(29)3;/h4,6-13,15H,1,5,14,16-17H2,2-3H3,(H2,24,27,28);1H. The molecule has 0 unspecified atom stereocenters. The van der Waals surface area contributed by atoms with Crippen LogP contribution >= 0.6 is 24.0 Å². The molecule has 7 nitrogen and oxygen atoms in total. The number of nitrogens with zero attached hydrogens (tertiary/aromatic N) is 4. The molecule has 8 heteroatoms. The van der Waals surface area contributed by atoms with Crippen LogP contribution in [-0.4, -0.2) is 33.6 Å². The summed E-state index contributed by atoms with van der Waals surface area (Å²) in [6.07, 6.45) is 7.26. The fraction of sp³-hybridized carbons (Fsp3) is 0.261. The van der Waals surface area contributed by atoms with Crippen molar-refractivity contribution in [3.05, 3.63) is 84.6 Å². The van der Waals surface area contributed by atoms with Crippen molar-refractivity contribution in [2.24, 2.45) is 4.99 Å². The third-order valence-corrected chi connectivity index (χ3v) is 4.42. The lowest BCUT2D eigenvalue weighted by Crippen LogP contribution is -2.36. The van der Waals surface area contributed by atoms with E-state index < -0.39 is 0 Å². The average Bonchev–Trinajstić information content (AvgIpc) is 3.21. The van der Waals surface area contributed by atoms with Crippen molar-refractivity contribution in [3.8, 4) is 11.6 Å². The molecule has 1 aromatic carbocycles. The Labute approximate surface area is 200 Å². The number of aryl methyl sites for hydroxylation is 1. The van der Waals surface area contributed by atoms with Crippen molar-refractivity contribution < 1.29 is 4.74 Å². The van der Waals surface area contributed by atoms with Gasteiger partial charge in [-0.25, -0.2) is 15.0 Å². The number of hydrogen-bond donors (Lipinski definition) is 2. The van der Waals surface area contributed by atoms with Gasteiger partial charge in [0.2, 0.25) is 0 Å². The maximum absolute atomic E-state index is 5.73. The molecule has 31 heavy (non-hydrogen) atoms. The van der Waals surface area contributed by atoms with Crippen LogP contribution in [-0.2, 0) is 13.1 Å². The molecule has 3 rings (SSSR count). The Balaban J connectivity index is 0.00000341. The predicted molar refractivity (Wildman–Crippen MR) is 135 cm³/mol. The molecule has 0 radical (unpaired) electrons. The highest BCUT2D eigenvalue weighted by atomic mass is 127. The number of ether oxygens (including phenoxy) is 1. The zero-order valence-electron chi connectivity index (χ0n) is 17.9. The lowest BCUT2D eigenvalue weighted by molar-refractivity contribution is 0.358. The van der Waals surface area contributed by atoms with E-state index in [1.807, 2.05) is 67.2 Å². The molecule has 2 heterocycles. The van der Waals surface area contributed by atoms with E-state index in [9.17, 15) is 0 Å². The molecule has 0 aliphatic carbocycles. The van der Waals surface area contributed by atoms with Crippen molar-refractivity contribution >= 4 is 29.9 Å². The van der Waals surface area contributed by atoms with Gasteiger partial charge in [-0.3, -0.25) is 4.57 Å². The Morgan fingerprint density at radius 2 is 2.03 bits per heavy atom. The lowest BCUT2D eigenvalue weighted by Gasteiger charge is -2.14. The number of guanidine groups is 1. The van der Waals surface area contributed by atoms with Crippen LogP contribution in [0.5, 0.6) is 5.75 Å². The number of imidazole rings is 1. The molecule has 0 amide bonds. The van der Waals surface area contributed by atoms with Gasteiger partial charge in [-0.1, -0.05) is 36.9 Å². The summed E-state index contributed by atoms with van der Waals surface area (Å²) >= 11 is 0. The Kier molecular flexibility index (Phi) is 10.0. The molecule has 2 aromatic heterocycles. The SMILES string of the molecule is C=CCOc1ccccc1CNC(=NCc1ccc(-n2ccnc2C)nc1)NCC.I. The molecule has 2 N–H and O–H groups in total. The van der Waals surface area contributed by atoms with Crippen LogP contribution in [0.4, 0.5) is 0 Å². The monoisotopic (exact) mass is 532 g/mol. The zero-order chi connectivity index (χ0) is 21.2. The fourth-order valence-corrected chi connectivity index (χ4v) is 2.90. The normalized spacial score (nSPS) is 10.8. The third-order valence-electron chi connectivity index (χ3n) is 4.42. The van der Waals surface area contributed by atoms with Gasteiger partial charge in [-0.05, 0) is 31.5 Å². The van der Waals surface area contributed by atoms with Crippen molar-refractivity contribution in [1.82, 2.24) is 25.2 Å². The Hall–Kier alpha value is -2.88. The number of benzene rings is 1. The number of para-hydroxylation sites is 1. The van der Waals surface area contributed by atoms with Crippen LogP contribution < -0.4 is 15.4 Å². The van der Waals surface area contributed by atoms with Gasteiger partial charge in [0.1, 0.15) is 24.0 Å². The molecule has 0 fully saturated rings. The highest BCUT2D eigenvalue weighted by molar-refractivity contribution is 14.0. The molecule has 0 bridgehead atoms. The molecular weight excluding hydrogens is 503 g/mol. The van der Waals surface area contributed by atoms with E-state index in [0.717, 1.165) is 41.0 Å². The van der Waals surface area contributed by atoms with Crippen LogP contribution in [0.15, 0.2) is 72.6 Å². The second-order valence-electron chi connectivity index (χ2n) is 6.63. The molecule has 0 atom stereocenters. The third kappa shape index (κ3) is 7.09. The molecule has 0 spiro atoms. The van der Waals surface area contributed by atoms with Crippen LogP contribution in [0.2, 0.25) is 0 Å². The summed E-state index contributed by atoms with van der Waals surface area (Å²) in [7, 11) is 0. The number of halogens is 1. The van der Waals surface area contributed by atoms with E-state index in [4.69, 9.17) is 4.74 Å². The molecule has 0 aliphatic rings. The van der Waals surface area contributed by atoms with Crippen molar-refractivity contribution in [2.75, 3.05) is 13.2 Å². The highest BCUT2D eigenvalue weighted by Gasteiger charge is 2.05. The van der Waals surface area contributed by atoms with E-state index >= 15 is 0 Å². The van der Waals surface area contributed by atoms with E-state index in [1.165, 1.54) is 0 Å². The number of nitrogens with one attached hydrogen (secondary N) is 2. The van der Waals surface area contributed by atoms with E-state index in [-0.39, 0.29) is 24.0 Å². The fourth-order valence-electron chi connectivity index (χ4n) is 2.90. The van der Waals surface area contributed by atoms with Gasteiger partial charge < -0.3 is 15.4 Å². The minimum Gasteiger partial charge on any atom is -0.489 e. The summed E-state index contributed by atoms with van der Waals surface area (Å²) in [6, 6.07) is 12.0. The largest absolute Gasteiger partial charge is 0.489 e. The first-order valence-corrected chi connectivity index (χ1v) is 10.00. The summed E-state index contributed by atoms with van der Waals surface area (Å²) in [6.45, 7) is 10.1. The Bertz CT molecular complexity index is 984. The maximum Gasteiger partial charge on any atom is 0.191 e. The number of aromatic nitrogens is 3. The van der Waals surface area contributed by atoms with Gasteiger partial charge in [0.25, 0.3) is 0 Å². The second-order valence-corrected chi connectivity index (χ2v) is 6.63.